The minimum absolute atomic E-state index is 0.0517. The first-order chi connectivity index (χ1) is 12.0. The number of aliphatic hydroxyl groups excluding tert-OH is 1. The van der Waals surface area contributed by atoms with Crippen LogP contribution in [0.5, 0.6) is 0 Å². The highest BCUT2D eigenvalue weighted by Crippen LogP contribution is 2.33. The van der Waals surface area contributed by atoms with E-state index in [4.69, 9.17) is 0 Å². The van der Waals surface area contributed by atoms with Gasteiger partial charge in [-0.3, -0.25) is 4.79 Å². The van der Waals surface area contributed by atoms with E-state index in [-0.39, 0.29) is 23.7 Å². The molecule has 25 heavy (non-hydrogen) atoms. The molecule has 1 aromatic heterocycles. The zero-order valence-electron chi connectivity index (χ0n) is 15.0. The average molecular weight is 359 g/mol. The molecule has 134 valence electrons. The second-order valence-electron chi connectivity index (χ2n) is 6.75. The molecule has 0 radical (unpaired) electrons. The SMILES string of the molecule is CC(C)[C@@H](Sc1ncc(CO)n1C)C(=O)N1CCCc2ccccc21. The van der Waals surface area contributed by atoms with E-state index in [1.807, 2.05) is 34.7 Å². The Morgan fingerprint density at radius 2 is 2.12 bits per heavy atom. The van der Waals surface area contributed by atoms with Crippen LogP contribution in [0.25, 0.3) is 0 Å². The number of carbonyl (C=O) groups is 1. The summed E-state index contributed by atoms with van der Waals surface area (Å²) in [6, 6.07) is 8.18. The van der Waals surface area contributed by atoms with Gasteiger partial charge in [0.05, 0.1) is 23.7 Å². The highest BCUT2D eigenvalue weighted by molar-refractivity contribution is 8.00. The van der Waals surface area contributed by atoms with Gasteiger partial charge in [0.25, 0.3) is 0 Å². The Labute approximate surface area is 153 Å². The highest BCUT2D eigenvalue weighted by Gasteiger charge is 2.32. The lowest BCUT2D eigenvalue weighted by Crippen LogP contribution is -2.43. The number of para-hydroxylation sites is 1. The Morgan fingerprint density at radius 1 is 1.36 bits per heavy atom. The van der Waals surface area contributed by atoms with E-state index < -0.39 is 0 Å². The predicted molar refractivity (Wildman–Crippen MR) is 101 cm³/mol. The maximum absolute atomic E-state index is 13.3. The van der Waals surface area contributed by atoms with Gasteiger partial charge in [0.2, 0.25) is 5.91 Å². The summed E-state index contributed by atoms with van der Waals surface area (Å²) in [6.45, 7) is 4.86. The van der Waals surface area contributed by atoms with Crippen LogP contribution in [-0.2, 0) is 24.9 Å². The number of anilines is 1. The second kappa shape index (κ2) is 7.62. The molecule has 1 amide bonds. The molecule has 1 aromatic carbocycles. The summed E-state index contributed by atoms with van der Waals surface area (Å²) in [5, 5.41) is 9.91. The molecule has 2 aromatic rings. The molecule has 0 saturated carbocycles. The minimum Gasteiger partial charge on any atom is -0.390 e. The minimum atomic E-state index is -0.209. The molecular weight excluding hydrogens is 334 g/mol. The molecule has 0 fully saturated rings. The van der Waals surface area contributed by atoms with Crippen LogP contribution in [0, 0.1) is 5.92 Å². The average Bonchev–Trinajstić information content (AvgIpc) is 2.98. The normalized spacial score (nSPS) is 15.3. The first kappa shape index (κ1) is 18.0. The molecule has 2 heterocycles. The predicted octanol–water partition coefficient (Wildman–Crippen LogP) is 3.01. The largest absolute Gasteiger partial charge is 0.390 e. The molecule has 3 rings (SSSR count). The topological polar surface area (TPSA) is 58.4 Å². The summed E-state index contributed by atoms with van der Waals surface area (Å²) < 4.78 is 1.86. The Bertz CT molecular complexity index is 757. The Morgan fingerprint density at radius 3 is 2.80 bits per heavy atom. The molecule has 1 N–H and O–H groups in total. The lowest BCUT2D eigenvalue weighted by molar-refractivity contribution is -0.118. The van der Waals surface area contributed by atoms with Crippen LogP contribution >= 0.6 is 11.8 Å². The van der Waals surface area contributed by atoms with E-state index in [0.29, 0.717) is 0 Å². The number of imidazole rings is 1. The number of hydrogen-bond donors (Lipinski definition) is 1. The van der Waals surface area contributed by atoms with Gasteiger partial charge in [-0.25, -0.2) is 4.98 Å². The third-order valence-corrected chi connectivity index (χ3v) is 6.25. The van der Waals surface area contributed by atoms with Crippen molar-refractivity contribution in [1.29, 1.82) is 0 Å². The maximum atomic E-state index is 13.3. The molecule has 5 nitrogen and oxygen atoms in total. The number of fused-ring (bicyclic) bond motifs is 1. The van der Waals surface area contributed by atoms with Crippen molar-refractivity contribution >= 4 is 23.4 Å². The number of nitrogens with zero attached hydrogens (tertiary/aromatic N) is 3. The number of rotatable bonds is 5. The van der Waals surface area contributed by atoms with Crippen molar-refractivity contribution in [2.75, 3.05) is 11.4 Å². The Hall–Kier alpha value is -1.79. The van der Waals surface area contributed by atoms with Gasteiger partial charge < -0.3 is 14.6 Å². The second-order valence-corrected chi connectivity index (χ2v) is 7.86. The molecule has 1 atom stereocenters. The zero-order chi connectivity index (χ0) is 18.0. The Kier molecular flexibility index (Phi) is 5.49. The van der Waals surface area contributed by atoms with Crippen molar-refractivity contribution in [3.05, 3.63) is 41.7 Å². The van der Waals surface area contributed by atoms with Gasteiger partial charge in [-0.2, -0.15) is 0 Å². The third-order valence-electron chi connectivity index (χ3n) is 4.66. The molecule has 1 aliphatic heterocycles. The number of hydrogen-bond acceptors (Lipinski definition) is 4. The smallest absolute Gasteiger partial charge is 0.240 e. The molecular formula is C19H25N3O2S. The van der Waals surface area contributed by atoms with Gasteiger partial charge in [-0.1, -0.05) is 43.8 Å². The van der Waals surface area contributed by atoms with Gasteiger partial charge in [0, 0.05) is 19.3 Å². The van der Waals surface area contributed by atoms with Crippen molar-refractivity contribution < 1.29 is 9.90 Å². The standard InChI is InChI=1S/C19H25N3O2S/c1-13(2)17(25-19-20-11-15(12-23)21(19)3)18(24)22-10-6-8-14-7-4-5-9-16(14)22/h4-5,7,9,11,13,17,23H,6,8,10,12H2,1-3H3/t17-/m1/s1. The van der Waals surface area contributed by atoms with Crippen molar-refractivity contribution in [3.63, 3.8) is 0 Å². The summed E-state index contributed by atoms with van der Waals surface area (Å²) in [4.78, 5) is 19.6. The fourth-order valence-corrected chi connectivity index (χ4v) is 4.30. The summed E-state index contributed by atoms with van der Waals surface area (Å²) in [7, 11) is 1.87. The van der Waals surface area contributed by atoms with E-state index in [1.54, 1.807) is 6.20 Å². The van der Waals surface area contributed by atoms with Gasteiger partial charge in [0.15, 0.2) is 5.16 Å². The van der Waals surface area contributed by atoms with Crippen LogP contribution < -0.4 is 4.90 Å². The first-order valence-electron chi connectivity index (χ1n) is 8.70. The van der Waals surface area contributed by atoms with Crippen molar-refractivity contribution in [2.24, 2.45) is 13.0 Å². The fraction of sp³-hybridized carbons (Fsp3) is 0.474. The van der Waals surface area contributed by atoms with Crippen LogP contribution in [0.2, 0.25) is 0 Å². The van der Waals surface area contributed by atoms with Crippen molar-refractivity contribution in [3.8, 4) is 0 Å². The number of carbonyl (C=O) groups excluding carboxylic acids is 1. The molecule has 6 heteroatoms. The first-order valence-corrected chi connectivity index (χ1v) is 9.58. The highest BCUT2D eigenvalue weighted by atomic mass is 32.2. The van der Waals surface area contributed by atoms with Crippen molar-refractivity contribution in [2.45, 2.75) is 43.7 Å². The van der Waals surface area contributed by atoms with E-state index in [9.17, 15) is 9.90 Å². The van der Waals surface area contributed by atoms with Crippen molar-refractivity contribution in [1.82, 2.24) is 9.55 Å². The zero-order valence-corrected chi connectivity index (χ0v) is 15.8. The van der Waals surface area contributed by atoms with E-state index in [2.05, 4.69) is 24.9 Å². The molecule has 0 spiro atoms. The van der Waals surface area contributed by atoms with Crippen LogP contribution in [0.1, 0.15) is 31.5 Å². The molecule has 0 bridgehead atoms. The number of benzene rings is 1. The number of amides is 1. The lowest BCUT2D eigenvalue weighted by atomic mass is 10.0. The van der Waals surface area contributed by atoms with Gasteiger partial charge in [-0.15, -0.1) is 0 Å². The quantitative estimate of drug-likeness (QED) is 0.834. The Balaban J connectivity index is 1.86. The summed E-state index contributed by atoms with van der Waals surface area (Å²) in [5.41, 5.74) is 3.04. The van der Waals surface area contributed by atoms with Crippen LogP contribution in [0.3, 0.4) is 0 Å². The monoisotopic (exact) mass is 359 g/mol. The molecule has 0 unspecified atom stereocenters. The fourth-order valence-electron chi connectivity index (χ4n) is 3.18. The van der Waals surface area contributed by atoms with Gasteiger partial charge in [0.1, 0.15) is 0 Å². The summed E-state index contributed by atoms with van der Waals surface area (Å²) >= 11 is 1.49. The third kappa shape index (κ3) is 3.60. The number of aliphatic hydroxyl groups is 1. The van der Waals surface area contributed by atoms with Crippen LogP contribution in [0.15, 0.2) is 35.6 Å². The molecule has 1 aliphatic rings. The number of thioether (sulfide) groups is 1. The lowest BCUT2D eigenvalue weighted by Gasteiger charge is -2.33. The van der Waals surface area contributed by atoms with Crippen LogP contribution in [-0.4, -0.2) is 32.4 Å². The number of aryl methyl sites for hydroxylation is 1. The van der Waals surface area contributed by atoms with E-state index in [0.717, 1.165) is 35.9 Å². The van der Waals surface area contributed by atoms with Crippen LogP contribution in [0.4, 0.5) is 5.69 Å². The van der Waals surface area contributed by atoms with E-state index >= 15 is 0 Å². The molecule has 0 saturated heterocycles. The van der Waals surface area contributed by atoms with Gasteiger partial charge in [-0.05, 0) is 30.4 Å². The van der Waals surface area contributed by atoms with Gasteiger partial charge >= 0.3 is 0 Å². The summed E-state index contributed by atoms with van der Waals surface area (Å²) in [5.74, 6) is 0.321. The molecule has 0 aliphatic carbocycles. The number of aromatic nitrogens is 2. The summed E-state index contributed by atoms with van der Waals surface area (Å²) in [6.07, 6.45) is 3.69. The van der Waals surface area contributed by atoms with E-state index in [1.165, 1.54) is 17.3 Å². The maximum Gasteiger partial charge on any atom is 0.240 e.